The average molecular weight is 1150 g/mol. The van der Waals surface area contributed by atoms with E-state index in [-0.39, 0.29) is 25.2 Å². The molecule has 0 aromatic carbocycles. The predicted molar refractivity (Wildman–Crippen MR) is 362 cm³/mol. The van der Waals surface area contributed by atoms with Crippen LogP contribution in [0.4, 0.5) is 0 Å². The monoisotopic (exact) mass is 1150 g/mol. The van der Waals surface area contributed by atoms with Crippen molar-refractivity contribution in [1.82, 2.24) is 0 Å². The van der Waals surface area contributed by atoms with Crippen LogP contribution in [-0.4, -0.2) is 36.4 Å². The van der Waals surface area contributed by atoms with Gasteiger partial charge in [0, 0.05) is 12.8 Å². The Morgan fingerprint density at radius 1 is 0.268 bits per heavy atom. The van der Waals surface area contributed by atoms with Crippen LogP contribution < -0.4 is 0 Å². The Balaban J connectivity index is 3.35. The van der Waals surface area contributed by atoms with Gasteiger partial charge in [-0.1, -0.05) is 385 Å². The second-order valence-electron chi connectivity index (χ2n) is 26.1. The third-order valence-electron chi connectivity index (χ3n) is 17.7. The van der Waals surface area contributed by atoms with Crippen molar-refractivity contribution in [2.24, 2.45) is 0 Å². The van der Waals surface area contributed by atoms with Crippen molar-refractivity contribution in [3.05, 3.63) is 24.3 Å². The molecule has 0 aromatic rings. The third-order valence-corrected chi connectivity index (χ3v) is 17.7. The number of esters is 2. The van der Waals surface area contributed by atoms with Crippen molar-refractivity contribution in [3.63, 3.8) is 0 Å². The highest BCUT2D eigenvalue weighted by Gasteiger charge is 2.16. The zero-order valence-electron chi connectivity index (χ0n) is 56.1. The molecule has 0 aliphatic heterocycles. The summed E-state index contributed by atoms with van der Waals surface area (Å²) in [6.07, 6.45) is 96.9. The van der Waals surface area contributed by atoms with Gasteiger partial charge in [0.2, 0.25) is 0 Å². The van der Waals surface area contributed by atoms with E-state index in [0.29, 0.717) is 12.8 Å². The van der Waals surface area contributed by atoms with Gasteiger partial charge in [0.25, 0.3) is 0 Å². The molecule has 0 aliphatic carbocycles. The normalized spacial score (nSPS) is 12.2. The minimum absolute atomic E-state index is 0.0581. The standard InChI is InChI=1S/C77H148O5/c1-3-5-7-9-11-13-15-17-19-21-23-25-27-29-31-32-33-34-35-36-37-38-39-40-41-42-43-44-46-48-50-52-54-56-58-60-62-64-66-68-70-72-77(80)82-75(73-78)74-81-76(79)71-69-67-65-63-61-59-57-55-53-51-49-47-45-30-28-26-24-22-20-18-16-14-12-10-8-6-4-2/h21-24,75,78H,3-20,25-74H2,1-2H3/b23-21-,24-22-. The van der Waals surface area contributed by atoms with Crippen molar-refractivity contribution in [2.45, 2.75) is 444 Å². The molecule has 0 fully saturated rings. The summed E-state index contributed by atoms with van der Waals surface area (Å²) in [5.41, 5.74) is 0. The van der Waals surface area contributed by atoms with Crippen LogP contribution in [0.25, 0.3) is 0 Å². The van der Waals surface area contributed by atoms with E-state index in [9.17, 15) is 14.7 Å². The fourth-order valence-corrected chi connectivity index (χ4v) is 12.0. The third kappa shape index (κ3) is 70.9. The van der Waals surface area contributed by atoms with Crippen LogP contribution in [0, 0.1) is 0 Å². The molecule has 0 bridgehead atoms. The number of unbranched alkanes of at least 4 members (excludes halogenated alkanes) is 60. The topological polar surface area (TPSA) is 72.8 Å². The van der Waals surface area contributed by atoms with E-state index in [1.807, 2.05) is 0 Å². The molecule has 0 spiro atoms. The number of carbonyl (C=O) groups excluding carboxylic acids is 2. The SMILES string of the molecule is CCCCCCCCCC/C=C\CCCCCCCCCCCCCCCCCCCCCCCCCCCCCCCC(=O)OC(CO)COC(=O)CCCCCCCCCCCCCCCCC/C=C\CCCCCCCCCC. The molecule has 0 saturated heterocycles. The first kappa shape index (κ1) is 80.4. The molecule has 0 radical (unpaired) electrons. The lowest BCUT2D eigenvalue weighted by molar-refractivity contribution is -0.161. The number of hydrogen-bond donors (Lipinski definition) is 1. The highest BCUT2D eigenvalue weighted by Crippen LogP contribution is 2.20. The van der Waals surface area contributed by atoms with Gasteiger partial charge in [0.15, 0.2) is 6.10 Å². The minimum Gasteiger partial charge on any atom is -0.462 e. The lowest BCUT2D eigenvalue weighted by Crippen LogP contribution is -2.28. The molecule has 486 valence electrons. The molecule has 1 unspecified atom stereocenters. The zero-order chi connectivity index (χ0) is 59.1. The number of hydrogen-bond acceptors (Lipinski definition) is 5. The first-order valence-corrected chi connectivity index (χ1v) is 37.9. The molecule has 5 heteroatoms. The van der Waals surface area contributed by atoms with Crippen LogP contribution in [0.3, 0.4) is 0 Å². The molecule has 0 amide bonds. The van der Waals surface area contributed by atoms with Crippen molar-refractivity contribution >= 4 is 11.9 Å². The summed E-state index contributed by atoms with van der Waals surface area (Å²) >= 11 is 0. The second kappa shape index (κ2) is 73.6. The number of rotatable bonds is 72. The summed E-state index contributed by atoms with van der Waals surface area (Å²) in [6.45, 7) is 4.21. The molecule has 0 saturated carbocycles. The molecular formula is C77H148O5. The van der Waals surface area contributed by atoms with Gasteiger partial charge in [-0.05, 0) is 64.2 Å². The van der Waals surface area contributed by atoms with Crippen molar-refractivity contribution in [3.8, 4) is 0 Å². The van der Waals surface area contributed by atoms with Gasteiger partial charge in [-0.15, -0.1) is 0 Å². The number of aliphatic hydroxyl groups is 1. The van der Waals surface area contributed by atoms with Crippen LogP contribution in [0.5, 0.6) is 0 Å². The van der Waals surface area contributed by atoms with Gasteiger partial charge in [0.05, 0.1) is 6.61 Å². The number of carbonyl (C=O) groups is 2. The van der Waals surface area contributed by atoms with E-state index in [2.05, 4.69) is 38.2 Å². The maximum absolute atomic E-state index is 12.4. The molecular weight excluding hydrogens is 1000 g/mol. The Kier molecular flexibility index (Phi) is 72.2. The summed E-state index contributed by atoms with van der Waals surface area (Å²) in [5, 5.41) is 9.71. The summed E-state index contributed by atoms with van der Waals surface area (Å²) in [4.78, 5) is 24.7. The quantitative estimate of drug-likeness (QED) is 0.0373. The lowest BCUT2D eigenvalue weighted by Gasteiger charge is -2.15. The Bertz CT molecular complexity index is 1260. The highest BCUT2D eigenvalue weighted by molar-refractivity contribution is 5.70. The van der Waals surface area contributed by atoms with E-state index >= 15 is 0 Å². The average Bonchev–Trinajstić information content (AvgIpc) is 3.49. The summed E-state index contributed by atoms with van der Waals surface area (Å²) in [5.74, 6) is -0.563. The predicted octanol–water partition coefficient (Wildman–Crippen LogP) is 26.3. The van der Waals surface area contributed by atoms with Crippen LogP contribution >= 0.6 is 0 Å². The van der Waals surface area contributed by atoms with E-state index in [4.69, 9.17) is 9.47 Å². The van der Waals surface area contributed by atoms with Gasteiger partial charge in [-0.25, -0.2) is 0 Å². The molecule has 82 heavy (non-hydrogen) atoms. The molecule has 0 heterocycles. The van der Waals surface area contributed by atoms with Gasteiger partial charge >= 0.3 is 11.9 Å². The number of aliphatic hydroxyl groups excluding tert-OH is 1. The lowest BCUT2D eigenvalue weighted by atomic mass is 10.0. The fourth-order valence-electron chi connectivity index (χ4n) is 12.0. The van der Waals surface area contributed by atoms with E-state index in [1.54, 1.807) is 0 Å². The maximum Gasteiger partial charge on any atom is 0.306 e. The van der Waals surface area contributed by atoms with Gasteiger partial charge in [-0.2, -0.15) is 0 Å². The van der Waals surface area contributed by atoms with Gasteiger partial charge < -0.3 is 14.6 Å². The Morgan fingerprint density at radius 2 is 0.451 bits per heavy atom. The van der Waals surface area contributed by atoms with Crippen molar-refractivity contribution < 1.29 is 24.2 Å². The van der Waals surface area contributed by atoms with Crippen LogP contribution in [0.15, 0.2) is 24.3 Å². The Morgan fingerprint density at radius 3 is 0.659 bits per heavy atom. The van der Waals surface area contributed by atoms with Crippen LogP contribution in [-0.2, 0) is 19.1 Å². The molecule has 0 aromatic heterocycles. The Hall–Kier alpha value is -1.62. The van der Waals surface area contributed by atoms with E-state index in [0.717, 1.165) is 32.1 Å². The van der Waals surface area contributed by atoms with Crippen LogP contribution in [0.2, 0.25) is 0 Å². The van der Waals surface area contributed by atoms with E-state index < -0.39 is 6.10 Å². The first-order chi connectivity index (χ1) is 40.6. The second-order valence-corrected chi connectivity index (χ2v) is 26.1. The number of ether oxygens (including phenoxy) is 2. The molecule has 1 N–H and O–H groups in total. The molecule has 5 nitrogen and oxygen atoms in total. The van der Waals surface area contributed by atoms with Crippen molar-refractivity contribution in [1.29, 1.82) is 0 Å². The number of allylic oxidation sites excluding steroid dienone is 4. The molecule has 1 atom stereocenters. The summed E-state index contributed by atoms with van der Waals surface area (Å²) in [6, 6.07) is 0. The largest absolute Gasteiger partial charge is 0.462 e. The first-order valence-electron chi connectivity index (χ1n) is 37.9. The van der Waals surface area contributed by atoms with Gasteiger partial charge in [-0.3, -0.25) is 9.59 Å². The van der Waals surface area contributed by atoms with E-state index in [1.165, 1.54) is 379 Å². The highest BCUT2D eigenvalue weighted by atomic mass is 16.6. The summed E-state index contributed by atoms with van der Waals surface area (Å²) < 4.78 is 10.8. The maximum atomic E-state index is 12.4. The fraction of sp³-hybridized carbons (Fsp3) is 0.922. The molecule has 0 rings (SSSR count). The Labute approximate surface area is 514 Å². The van der Waals surface area contributed by atoms with Crippen LogP contribution in [0.1, 0.15) is 438 Å². The molecule has 0 aliphatic rings. The summed E-state index contributed by atoms with van der Waals surface area (Å²) in [7, 11) is 0. The minimum atomic E-state index is -0.769. The zero-order valence-corrected chi connectivity index (χ0v) is 56.1. The van der Waals surface area contributed by atoms with Crippen molar-refractivity contribution in [2.75, 3.05) is 13.2 Å². The smallest absolute Gasteiger partial charge is 0.306 e. The van der Waals surface area contributed by atoms with Gasteiger partial charge in [0.1, 0.15) is 6.61 Å².